The van der Waals surface area contributed by atoms with Crippen molar-refractivity contribution in [2.75, 3.05) is 32.0 Å². The van der Waals surface area contributed by atoms with Crippen molar-refractivity contribution in [3.8, 4) is 6.07 Å². The molecule has 4 N–H and O–H groups in total. The van der Waals surface area contributed by atoms with E-state index in [9.17, 15) is 20.3 Å². The third kappa shape index (κ3) is 3.48. The number of ether oxygens (including phenoxy) is 2. The SMILES string of the molecule is N#C[C@@]1(c2ccc3c(N)ncnn23)O[C@H](COC(=O)CN2CCCCC2)[C@@H](O)[C@H]1O. The molecule has 2 fully saturated rings. The Labute approximate surface area is 172 Å². The highest BCUT2D eigenvalue weighted by molar-refractivity contribution is 5.71. The van der Waals surface area contributed by atoms with Crippen LogP contribution in [0.4, 0.5) is 5.82 Å². The van der Waals surface area contributed by atoms with Crippen LogP contribution in [0.2, 0.25) is 0 Å². The number of aliphatic hydroxyl groups excluding tert-OH is 2. The summed E-state index contributed by atoms with van der Waals surface area (Å²) < 4.78 is 12.4. The molecule has 4 atom stereocenters. The molecule has 2 aliphatic rings. The Kier molecular flexibility index (Phi) is 5.57. The lowest BCUT2D eigenvalue weighted by molar-refractivity contribution is -0.152. The molecule has 160 valence electrons. The maximum Gasteiger partial charge on any atom is 0.320 e. The second-order valence-corrected chi connectivity index (χ2v) is 7.62. The first-order valence-electron chi connectivity index (χ1n) is 9.88. The predicted octanol–water partition coefficient (Wildman–Crippen LogP) is -0.820. The number of nitrogens with zero attached hydrogens (tertiary/aromatic N) is 5. The van der Waals surface area contributed by atoms with Crippen LogP contribution in [0.5, 0.6) is 0 Å². The number of nitriles is 1. The smallest absolute Gasteiger partial charge is 0.320 e. The highest BCUT2D eigenvalue weighted by Gasteiger charge is 2.57. The van der Waals surface area contributed by atoms with E-state index in [1.54, 1.807) is 6.07 Å². The van der Waals surface area contributed by atoms with Gasteiger partial charge in [0.25, 0.3) is 0 Å². The van der Waals surface area contributed by atoms with Gasteiger partial charge >= 0.3 is 5.97 Å². The number of aliphatic hydroxyl groups is 2. The Morgan fingerprint density at radius 1 is 1.37 bits per heavy atom. The maximum absolute atomic E-state index is 12.2. The van der Waals surface area contributed by atoms with Crippen LogP contribution in [0.15, 0.2) is 18.5 Å². The van der Waals surface area contributed by atoms with Crippen molar-refractivity contribution in [2.24, 2.45) is 0 Å². The van der Waals surface area contributed by atoms with Gasteiger partial charge in [0, 0.05) is 0 Å². The van der Waals surface area contributed by atoms with Crippen molar-refractivity contribution in [1.82, 2.24) is 19.5 Å². The summed E-state index contributed by atoms with van der Waals surface area (Å²) >= 11 is 0. The zero-order chi connectivity index (χ0) is 21.3. The van der Waals surface area contributed by atoms with E-state index in [-0.39, 0.29) is 24.7 Å². The van der Waals surface area contributed by atoms with Gasteiger partial charge in [-0.2, -0.15) is 10.4 Å². The van der Waals surface area contributed by atoms with E-state index in [0.29, 0.717) is 5.52 Å². The minimum atomic E-state index is -1.91. The minimum absolute atomic E-state index is 0.161. The first-order chi connectivity index (χ1) is 14.5. The van der Waals surface area contributed by atoms with Gasteiger partial charge in [-0.1, -0.05) is 6.42 Å². The normalized spacial score (nSPS) is 29.7. The van der Waals surface area contributed by atoms with Crippen LogP contribution in [-0.2, 0) is 19.9 Å². The Morgan fingerprint density at radius 3 is 2.87 bits per heavy atom. The number of anilines is 1. The van der Waals surface area contributed by atoms with Crippen molar-refractivity contribution in [1.29, 1.82) is 5.26 Å². The summed E-state index contributed by atoms with van der Waals surface area (Å²) in [5, 5.41) is 35.1. The highest BCUT2D eigenvalue weighted by atomic mass is 16.6. The first kappa shape index (κ1) is 20.5. The zero-order valence-electron chi connectivity index (χ0n) is 16.3. The molecule has 2 aliphatic heterocycles. The minimum Gasteiger partial charge on any atom is -0.462 e. The number of carbonyl (C=O) groups is 1. The van der Waals surface area contributed by atoms with Gasteiger partial charge in [0.15, 0.2) is 5.82 Å². The molecule has 0 saturated carbocycles. The molecule has 0 amide bonds. The molecular formula is C19H24N6O5. The van der Waals surface area contributed by atoms with Gasteiger partial charge in [-0.05, 0) is 38.1 Å². The maximum atomic E-state index is 12.2. The fraction of sp³-hybridized carbons (Fsp3) is 0.579. The van der Waals surface area contributed by atoms with Crippen LogP contribution >= 0.6 is 0 Å². The van der Waals surface area contributed by atoms with Crippen molar-refractivity contribution in [2.45, 2.75) is 43.2 Å². The van der Waals surface area contributed by atoms with Crippen LogP contribution < -0.4 is 5.73 Å². The molecule has 0 aliphatic carbocycles. The third-order valence-electron chi connectivity index (χ3n) is 5.70. The Hall–Kier alpha value is -2.78. The fourth-order valence-electron chi connectivity index (χ4n) is 4.07. The molecule has 2 aromatic rings. The highest BCUT2D eigenvalue weighted by Crippen LogP contribution is 2.40. The van der Waals surface area contributed by atoms with E-state index in [2.05, 4.69) is 10.1 Å². The van der Waals surface area contributed by atoms with Crippen LogP contribution in [0.3, 0.4) is 0 Å². The van der Waals surface area contributed by atoms with E-state index in [0.717, 1.165) is 32.4 Å². The van der Waals surface area contributed by atoms with Gasteiger partial charge < -0.3 is 25.4 Å². The first-order valence-corrected chi connectivity index (χ1v) is 9.88. The molecule has 11 nitrogen and oxygen atoms in total. The number of nitrogens with two attached hydrogens (primary N) is 1. The van der Waals surface area contributed by atoms with Crippen molar-refractivity contribution < 1.29 is 24.5 Å². The Morgan fingerprint density at radius 2 is 2.13 bits per heavy atom. The Balaban J connectivity index is 1.49. The number of nitrogen functional groups attached to an aromatic ring is 1. The molecule has 0 radical (unpaired) electrons. The summed E-state index contributed by atoms with van der Waals surface area (Å²) in [5.41, 5.74) is 4.56. The van der Waals surface area contributed by atoms with E-state index in [1.807, 2.05) is 11.0 Å². The lowest BCUT2D eigenvalue weighted by Crippen LogP contribution is -2.41. The summed E-state index contributed by atoms with van der Waals surface area (Å²) in [6, 6.07) is 5.08. The van der Waals surface area contributed by atoms with Crippen molar-refractivity contribution in [3.63, 3.8) is 0 Å². The number of esters is 1. The number of piperidine rings is 1. The van der Waals surface area contributed by atoms with Crippen molar-refractivity contribution in [3.05, 3.63) is 24.2 Å². The van der Waals surface area contributed by atoms with Crippen LogP contribution in [0, 0.1) is 11.3 Å². The van der Waals surface area contributed by atoms with Gasteiger partial charge in [0.2, 0.25) is 5.60 Å². The van der Waals surface area contributed by atoms with Gasteiger partial charge in [0.05, 0.1) is 12.2 Å². The summed E-state index contributed by atoms with van der Waals surface area (Å²) in [4.78, 5) is 18.1. The summed E-state index contributed by atoms with van der Waals surface area (Å²) in [5.74, 6) is -0.245. The molecule has 2 aromatic heterocycles. The largest absolute Gasteiger partial charge is 0.462 e. The molecule has 4 rings (SSSR count). The molecule has 0 unspecified atom stereocenters. The van der Waals surface area contributed by atoms with Gasteiger partial charge in [0.1, 0.15) is 42.8 Å². The summed E-state index contributed by atoms with van der Waals surface area (Å²) in [6.45, 7) is 1.57. The number of carbonyl (C=O) groups excluding carboxylic acids is 1. The molecule has 0 spiro atoms. The van der Waals surface area contributed by atoms with Crippen LogP contribution in [-0.4, -0.2) is 80.2 Å². The van der Waals surface area contributed by atoms with E-state index in [4.69, 9.17) is 15.2 Å². The van der Waals surface area contributed by atoms with Gasteiger partial charge in [-0.3, -0.25) is 9.69 Å². The average molecular weight is 416 g/mol. The second-order valence-electron chi connectivity index (χ2n) is 7.62. The van der Waals surface area contributed by atoms with Crippen LogP contribution in [0.1, 0.15) is 25.0 Å². The lowest BCUT2D eigenvalue weighted by atomic mass is 9.92. The van der Waals surface area contributed by atoms with E-state index in [1.165, 1.54) is 16.9 Å². The van der Waals surface area contributed by atoms with Gasteiger partial charge in [-0.15, -0.1) is 0 Å². The monoisotopic (exact) mass is 416 g/mol. The van der Waals surface area contributed by atoms with E-state index < -0.39 is 29.9 Å². The van der Waals surface area contributed by atoms with Crippen LogP contribution in [0.25, 0.3) is 5.52 Å². The third-order valence-corrected chi connectivity index (χ3v) is 5.70. The standard InChI is InChI=1S/C19H24N6O5/c20-10-19(14-5-4-12-18(21)22-11-23-25(12)14)17(28)16(27)13(30-19)9-29-15(26)8-24-6-2-1-3-7-24/h4-5,11,13,16-17,27-28H,1-3,6-9H2,(H2,21,22,23)/t13-,16-,17-,19+/m1/s1. The molecule has 0 aromatic carbocycles. The van der Waals surface area contributed by atoms with E-state index >= 15 is 0 Å². The molecule has 2 saturated heterocycles. The molecular weight excluding hydrogens is 392 g/mol. The average Bonchev–Trinajstić information content (AvgIpc) is 3.29. The summed E-state index contributed by atoms with van der Waals surface area (Å²) in [7, 11) is 0. The molecule has 11 heteroatoms. The quantitative estimate of drug-likeness (QED) is 0.526. The number of aromatic nitrogens is 3. The fourth-order valence-corrected chi connectivity index (χ4v) is 4.07. The number of fused-ring (bicyclic) bond motifs is 1. The second kappa shape index (κ2) is 8.16. The topological polar surface area (TPSA) is 159 Å². The number of hydrogen-bond acceptors (Lipinski definition) is 10. The lowest BCUT2D eigenvalue weighted by Gasteiger charge is -2.25. The number of hydrogen-bond donors (Lipinski definition) is 3. The van der Waals surface area contributed by atoms with Gasteiger partial charge in [-0.25, -0.2) is 9.50 Å². The predicted molar refractivity (Wildman–Crippen MR) is 103 cm³/mol. The number of rotatable bonds is 5. The number of likely N-dealkylation sites (tertiary alicyclic amines) is 1. The molecule has 30 heavy (non-hydrogen) atoms. The molecule has 4 heterocycles. The molecule has 0 bridgehead atoms. The zero-order valence-corrected chi connectivity index (χ0v) is 16.3. The van der Waals surface area contributed by atoms with Crippen molar-refractivity contribution >= 4 is 17.3 Å². The Bertz CT molecular complexity index is 968. The summed E-state index contributed by atoms with van der Waals surface area (Å²) in [6.07, 6.45) is 0.387.